The fraction of sp³-hybridized carbons (Fsp3) is 1.00. The van der Waals surface area contributed by atoms with Gasteiger partial charge in [0.05, 0.1) is 0 Å². The van der Waals surface area contributed by atoms with E-state index in [1.165, 1.54) is 0 Å². The molecule has 0 aliphatic rings. The Kier molecular flexibility index (Phi) is 5.73. The molecule has 0 spiro atoms. The SMILES string of the molecule is CCCO[P+](=O)P(C)(CC)(CC)CC. The minimum atomic E-state index is -2.04. The number of hydrogen-bond donors (Lipinski definition) is 0. The molecule has 0 amide bonds. The van der Waals surface area contributed by atoms with E-state index >= 15 is 0 Å². The van der Waals surface area contributed by atoms with Gasteiger partial charge in [-0.2, -0.15) is 0 Å². The van der Waals surface area contributed by atoms with Crippen molar-refractivity contribution in [1.82, 2.24) is 0 Å². The topological polar surface area (TPSA) is 26.3 Å². The van der Waals surface area contributed by atoms with Crippen LogP contribution in [0, 0.1) is 0 Å². The second kappa shape index (κ2) is 5.54. The van der Waals surface area contributed by atoms with E-state index in [9.17, 15) is 4.57 Å². The van der Waals surface area contributed by atoms with Gasteiger partial charge in [0.1, 0.15) is 0 Å². The summed E-state index contributed by atoms with van der Waals surface area (Å²) < 4.78 is 17.7. The van der Waals surface area contributed by atoms with Crippen molar-refractivity contribution in [2.45, 2.75) is 34.1 Å². The molecule has 0 N–H and O–H groups in total. The van der Waals surface area contributed by atoms with Gasteiger partial charge in [-0.15, -0.1) is 0 Å². The van der Waals surface area contributed by atoms with Crippen molar-refractivity contribution < 1.29 is 9.09 Å². The summed E-state index contributed by atoms with van der Waals surface area (Å²) >= 11 is 0. The molecule has 14 heavy (non-hydrogen) atoms. The molecule has 86 valence electrons. The summed E-state index contributed by atoms with van der Waals surface area (Å²) in [6.07, 6.45) is 2.02. The third-order valence-electron chi connectivity index (χ3n) is 3.63. The monoisotopic (exact) mass is 239 g/mol. The van der Waals surface area contributed by atoms with E-state index in [2.05, 4.69) is 34.4 Å². The van der Waals surface area contributed by atoms with Crippen molar-refractivity contribution in [1.29, 1.82) is 0 Å². The maximum atomic E-state index is 12.2. The summed E-state index contributed by atoms with van der Waals surface area (Å²) in [5.74, 6) is 0. The van der Waals surface area contributed by atoms with Crippen molar-refractivity contribution >= 4 is 14.0 Å². The molecule has 0 aromatic heterocycles. The van der Waals surface area contributed by atoms with Gasteiger partial charge in [-0.25, -0.2) is 0 Å². The third-order valence-corrected chi connectivity index (χ3v) is 16.4. The molecule has 1 atom stereocenters. The Morgan fingerprint density at radius 1 is 1.07 bits per heavy atom. The zero-order chi connectivity index (χ0) is 11.3. The quantitative estimate of drug-likeness (QED) is 0.619. The van der Waals surface area contributed by atoms with Crippen LogP contribution in [0.4, 0.5) is 0 Å². The van der Waals surface area contributed by atoms with Crippen LogP contribution in [0.2, 0.25) is 0 Å². The molecule has 0 aromatic rings. The maximum absolute atomic E-state index is 12.2. The zero-order valence-corrected chi connectivity index (χ0v) is 12.0. The van der Waals surface area contributed by atoms with Gasteiger partial charge in [0.25, 0.3) is 0 Å². The first-order chi connectivity index (χ1) is 6.47. The Morgan fingerprint density at radius 2 is 1.50 bits per heavy atom. The van der Waals surface area contributed by atoms with Crippen LogP contribution in [0.15, 0.2) is 0 Å². The molecule has 0 aliphatic heterocycles. The molecule has 4 heteroatoms. The molecular formula is C10H25O2P2+. The van der Waals surface area contributed by atoms with E-state index in [-0.39, 0.29) is 0 Å². The normalized spacial score (nSPS) is 16.1. The van der Waals surface area contributed by atoms with Gasteiger partial charge in [-0.05, 0) is 0 Å². The van der Waals surface area contributed by atoms with Crippen LogP contribution in [0.25, 0.3) is 0 Å². The molecule has 0 saturated heterocycles. The first kappa shape index (κ1) is 14.5. The Morgan fingerprint density at radius 3 is 1.79 bits per heavy atom. The number of hydrogen-bond acceptors (Lipinski definition) is 2. The van der Waals surface area contributed by atoms with E-state index < -0.39 is 14.0 Å². The van der Waals surface area contributed by atoms with Gasteiger partial charge in [0.15, 0.2) is 0 Å². The molecular weight excluding hydrogens is 214 g/mol. The van der Waals surface area contributed by atoms with Crippen LogP contribution in [0.3, 0.4) is 0 Å². The molecule has 0 aliphatic carbocycles. The zero-order valence-electron chi connectivity index (χ0n) is 10.2. The van der Waals surface area contributed by atoms with Crippen LogP contribution >= 0.6 is 14.0 Å². The average molecular weight is 239 g/mol. The summed E-state index contributed by atoms with van der Waals surface area (Å²) in [5.41, 5.74) is 0. The second-order valence-electron chi connectivity index (χ2n) is 4.26. The molecule has 0 saturated carbocycles. The average Bonchev–Trinajstić information content (AvgIpc) is 2.25. The van der Waals surface area contributed by atoms with Crippen molar-refractivity contribution in [2.24, 2.45) is 0 Å². The molecule has 0 heterocycles. The second-order valence-corrected chi connectivity index (χ2v) is 16.1. The molecule has 0 fully saturated rings. The predicted octanol–water partition coefficient (Wildman–Crippen LogP) is 4.31. The van der Waals surface area contributed by atoms with Crippen LogP contribution in [0.5, 0.6) is 0 Å². The predicted molar refractivity (Wildman–Crippen MR) is 68.3 cm³/mol. The Balaban J connectivity index is 4.73. The summed E-state index contributed by atoms with van der Waals surface area (Å²) in [5, 5.41) is 0. The summed E-state index contributed by atoms with van der Waals surface area (Å²) in [4.78, 5) is 0. The molecule has 2 nitrogen and oxygen atoms in total. The van der Waals surface area contributed by atoms with Crippen molar-refractivity contribution in [3.63, 3.8) is 0 Å². The van der Waals surface area contributed by atoms with Crippen LogP contribution in [-0.2, 0) is 9.09 Å². The fourth-order valence-corrected chi connectivity index (χ4v) is 7.51. The van der Waals surface area contributed by atoms with Gasteiger partial charge in [-0.1, -0.05) is 0 Å². The summed E-state index contributed by atoms with van der Waals surface area (Å²) in [6.45, 7) is 11.4. The van der Waals surface area contributed by atoms with Gasteiger partial charge >= 0.3 is 89.0 Å². The molecule has 0 bridgehead atoms. The Labute approximate surface area is 89.5 Å². The van der Waals surface area contributed by atoms with Gasteiger partial charge in [-0.3, -0.25) is 0 Å². The fourth-order valence-electron chi connectivity index (χ4n) is 1.37. The van der Waals surface area contributed by atoms with Gasteiger partial charge in [0.2, 0.25) is 0 Å². The van der Waals surface area contributed by atoms with E-state index in [0.29, 0.717) is 6.61 Å². The van der Waals surface area contributed by atoms with E-state index in [0.717, 1.165) is 24.9 Å². The van der Waals surface area contributed by atoms with E-state index in [4.69, 9.17) is 4.52 Å². The first-order valence-corrected chi connectivity index (χ1v) is 10.7. The van der Waals surface area contributed by atoms with Crippen molar-refractivity contribution in [3.8, 4) is 0 Å². The molecule has 0 rings (SSSR count). The molecule has 1 unspecified atom stereocenters. The first-order valence-electron chi connectivity index (χ1n) is 5.58. The van der Waals surface area contributed by atoms with E-state index in [1.807, 2.05) is 0 Å². The van der Waals surface area contributed by atoms with Gasteiger partial charge < -0.3 is 0 Å². The minimum absolute atomic E-state index is 0.640. The Hall–Kier alpha value is 0.490. The summed E-state index contributed by atoms with van der Waals surface area (Å²) in [7, 11) is -1.44. The third kappa shape index (κ3) is 2.75. The molecule has 0 aromatic carbocycles. The van der Waals surface area contributed by atoms with Gasteiger partial charge in [0, 0.05) is 0 Å². The van der Waals surface area contributed by atoms with Crippen molar-refractivity contribution in [3.05, 3.63) is 0 Å². The van der Waals surface area contributed by atoms with Crippen LogP contribution in [-0.4, -0.2) is 31.8 Å². The Bertz CT molecular complexity index is 189. The standard InChI is InChI=1S/C10H25O2P2/c1-6-10-12-13(11)14(5,7-2,8-3)9-4/h6-10H2,1-5H3/q+1. The van der Waals surface area contributed by atoms with Crippen molar-refractivity contribution in [2.75, 3.05) is 31.8 Å². The summed E-state index contributed by atoms with van der Waals surface area (Å²) in [6, 6.07) is 0. The van der Waals surface area contributed by atoms with Crippen LogP contribution < -0.4 is 0 Å². The van der Waals surface area contributed by atoms with E-state index in [1.54, 1.807) is 0 Å². The molecule has 0 radical (unpaired) electrons. The number of rotatable bonds is 7. The van der Waals surface area contributed by atoms with Crippen LogP contribution in [0.1, 0.15) is 34.1 Å².